The number of pyridine rings is 1. The van der Waals surface area contributed by atoms with Gasteiger partial charge in [0, 0.05) is 17.5 Å². The number of amides is 1. The van der Waals surface area contributed by atoms with Crippen LogP contribution in [0.4, 0.5) is 13.6 Å². The molecule has 1 amide bonds. The van der Waals surface area contributed by atoms with Crippen molar-refractivity contribution in [2.45, 2.75) is 55.2 Å². The third kappa shape index (κ3) is 7.66. The molecule has 220 valence electrons. The number of halogens is 2. The van der Waals surface area contributed by atoms with Gasteiger partial charge in [0.15, 0.2) is 29.2 Å². The lowest BCUT2D eigenvalue weighted by atomic mass is 10.1. The van der Waals surface area contributed by atoms with Crippen molar-refractivity contribution in [1.29, 1.82) is 0 Å². The van der Waals surface area contributed by atoms with Crippen LogP contribution in [0, 0.1) is 23.5 Å². The zero-order valence-electron chi connectivity index (χ0n) is 23.3. The molecule has 1 fully saturated rings. The van der Waals surface area contributed by atoms with Gasteiger partial charge in [0.25, 0.3) is 0 Å². The maximum atomic E-state index is 14.9. The number of likely N-dealkylation sites (tertiary alicyclic amines) is 1. The summed E-state index contributed by atoms with van der Waals surface area (Å²) in [5.41, 5.74) is 0.569. The highest BCUT2D eigenvalue weighted by Gasteiger charge is 2.21. The molecule has 1 aromatic carbocycles. The molecule has 1 atom stereocenters. The van der Waals surface area contributed by atoms with E-state index < -0.39 is 17.7 Å². The maximum absolute atomic E-state index is 14.9. The Morgan fingerprint density at radius 3 is 2.79 bits per heavy atom. The first-order valence-corrected chi connectivity index (χ1v) is 14.8. The van der Waals surface area contributed by atoms with Gasteiger partial charge < -0.3 is 19.7 Å². The average Bonchev–Trinajstić information content (AvgIpc) is 3.41. The van der Waals surface area contributed by atoms with Crippen LogP contribution in [0.5, 0.6) is 5.75 Å². The number of nitrogens with one attached hydrogen (secondary N) is 1. The van der Waals surface area contributed by atoms with E-state index in [2.05, 4.69) is 49.4 Å². The highest BCUT2D eigenvalue weighted by Crippen LogP contribution is 2.31. The van der Waals surface area contributed by atoms with Crippen LogP contribution in [-0.2, 0) is 11.3 Å². The molecule has 9 nitrogen and oxygen atoms in total. The molecule has 3 heterocycles. The van der Waals surface area contributed by atoms with E-state index in [-0.39, 0.29) is 35.8 Å². The van der Waals surface area contributed by atoms with Crippen molar-refractivity contribution in [1.82, 2.24) is 30.0 Å². The fourth-order valence-corrected chi connectivity index (χ4v) is 5.86. The van der Waals surface area contributed by atoms with Crippen molar-refractivity contribution >= 4 is 17.9 Å². The van der Waals surface area contributed by atoms with E-state index in [0.717, 1.165) is 50.9 Å². The normalized spacial score (nSPS) is 17.4. The lowest BCUT2D eigenvalue weighted by Gasteiger charge is -2.28. The van der Waals surface area contributed by atoms with E-state index in [1.54, 1.807) is 30.2 Å². The van der Waals surface area contributed by atoms with Gasteiger partial charge in [-0.2, -0.15) is 4.39 Å². The number of aromatic nitrogens is 4. The molecule has 1 aliphatic heterocycles. The van der Waals surface area contributed by atoms with Gasteiger partial charge in [-0.15, -0.1) is 10.2 Å². The summed E-state index contributed by atoms with van der Waals surface area (Å²) < 4.78 is 42.2. The Hall–Kier alpha value is -3.95. The number of thioether (sulfide) groups is 1. The van der Waals surface area contributed by atoms with Gasteiger partial charge in [-0.05, 0) is 76.5 Å². The van der Waals surface area contributed by atoms with Crippen molar-refractivity contribution < 1.29 is 23.0 Å². The van der Waals surface area contributed by atoms with Crippen LogP contribution in [0.1, 0.15) is 43.5 Å². The Bertz CT molecular complexity index is 1460. The molecule has 2 aromatic heterocycles. The Kier molecular flexibility index (Phi) is 10.0. The van der Waals surface area contributed by atoms with Crippen LogP contribution < -0.4 is 10.1 Å². The van der Waals surface area contributed by atoms with E-state index in [1.165, 1.54) is 12.1 Å². The van der Waals surface area contributed by atoms with E-state index in [4.69, 9.17) is 9.47 Å². The van der Waals surface area contributed by atoms with Crippen molar-refractivity contribution in [3.63, 3.8) is 0 Å². The smallest absolute Gasteiger partial charge is 0.408 e. The predicted molar refractivity (Wildman–Crippen MR) is 154 cm³/mol. The topological polar surface area (TPSA) is 94.4 Å². The summed E-state index contributed by atoms with van der Waals surface area (Å²) in [5, 5.41) is 12.4. The van der Waals surface area contributed by atoms with Crippen molar-refractivity contribution in [3.8, 4) is 23.3 Å². The second kappa shape index (κ2) is 14.3. The third-order valence-electron chi connectivity index (χ3n) is 7.01. The first kappa shape index (κ1) is 29.5. The number of nitrogens with zero attached hydrogens (tertiary/aromatic N) is 5. The van der Waals surface area contributed by atoms with Gasteiger partial charge in [0.1, 0.15) is 6.61 Å². The van der Waals surface area contributed by atoms with E-state index in [1.807, 2.05) is 17.7 Å². The predicted octanol–water partition coefficient (Wildman–Crippen LogP) is 4.89. The van der Waals surface area contributed by atoms with Gasteiger partial charge in [-0.25, -0.2) is 9.18 Å². The largest absolute Gasteiger partial charge is 0.482 e. The van der Waals surface area contributed by atoms with Crippen LogP contribution in [0.15, 0.2) is 54.0 Å². The summed E-state index contributed by atoms with van der Waals surface area (Å²) in [7, 11) is 2.03. The minimum atomic E-state index is -1.17. The van der Waals surface area contributed by atoms with Gasteiger partial charge in [0.05, 0.1) is 17.4 Å². The van der Waals surface area contributed by atoms with E-state index >= 15 is 0 Å². The summed E-state index contributed by atoms with van der Waals surface area (Å²) in [4.78, 5) is 18.4. The molecule has 1 saturated heterocycles. The molecule has 12 heteroatoms. The van der Waals surface area contributed by atoms with Crippen LogP contribution >= 0.6 is 11.8 Å². The highest BCUT2D eigenvalue weighted by atomic mass is 32.2. The SMILES string of the molecule is CN1CCC(NC(=O)OCC#Cc2ccc(OCc3nnc(SC4C=CCCC4)n3-c3cccnc3)c(F)c2F)CC1. The fraction of sp³-hybridized carbons (Fsp3) is 0.400. The molecule has 1 N–H and O–H groups in total. The van der Waals surface area contributed by atoms with E-state index in [0.29, 0.717) is 11.0 Å². The monoisotopic (exact) mass is 594 g/mol. The summed E-state index contributed by atoms with van der Waals surface area (Å²) in [6.45, 7) is 1.40. The zero-order chi connectivity index (χ0) is 29.3. The zero-order valence-corrected chi connectivity index (χ0v) is 24.1. The Morgan fingerprint density at radius 1 is 1.17 bits per heavy atom. The molecule has 0 saturated carbocycles. The first-order valence-electron chi connectivity index (χ1n) is 13.9. The van der Waals surface area contributed by atoms with Crippen molar-refractivity contribution in [2.24, 2.45) is 0 Å². The van der Waals surface area contributed by atoms with Crippen LogP contribution in [-0.4, -0.2) is 68.8 Å². The number of rotatable bonds is 8. The van der Waals surface area contributed by atoms with Crippen LogP contribution in [0.2, 0.25) is 0 Å². The lowest BCUT2D eigenvalue weighted by molar-refractivity contribution is 0.147. The molecule has 1 aliphatic carbocycles. The number of piperidine rings is 1. The molecule has 0 bridgehead atoms. The quantitative estimate of drug-likeness (QED) is 0.291. The maximum Gasteiger partial charge on any atom is 0.408 e. The molecule has 42 heavy (non-hydrogen) atoms. The Labute approximate surface area is 247 Å². The summed E-state index contributed by atoms with van der Waals surface area (Å²) in [6, 6.07) is 6.36. The molecular weight excluding hydrogens is 562 g/mol. The molecule has 0 radical (unpaired) electrons. The number of benzene rings is 1. The second-order valence-corrected chi connectivity index (χ2v) is 11.3. The lowest BCUT2D eigenvalue weighted by Crippen LogP contribution is -2.43. The van der Waals surface area contributed by atoms with Gasteiger partial charge >= 0.3 is 6.09 Å². The summed E-state index contributed by atoms with van der Waals surface area (Å²) in [5.74, 6) is 2.90. The van der Waals surface area contributed by atoms with Crippen molar-refractivity contribution in [2.75, 3.05) is 26.7 Å². The van der Waals surface area contributed by atoms with Crippen LogP contribution in [0.25, 0.3) is 5.69 Å². The van der Waals surface area contributed by atoms with Gasteiger partial charge in [0.2, 0.25) is 5.82 Å². The Morgan fingerprint density at radius 2 is 2.02 bits per heavy atom. The highest BCUT2D eigenvalue weighted by molar-refractivity contribution is 7.99. The number of ether oxygens (including phenoxy) is 2. The van der Waals surface area contributed by atoms with E-state index in [9.17, 15) is 13.6 Å². The number of alkyl carbamates (subject to hydrolysis) is 1. The minimum absolute atomic E-state index is 0.0540. The summed E-state index contributed by atoms with van der Waals surface area (Å²) in [6.07, 6.45) is 12.0. The third-order valence-corrected chi connectivity index (χ3v) is 8.18. The molecule has 2 aliphatic rings. The summed E-state index contributed by atoms with van der Waals surface area (Å²) >= 11 is 1.59. The Balaban J connectivity index is 1.21. The van der Waals surface area contributed by atoms with Crippen LogP contribution in [0.3, 0.4) is 0 Å². The molecule has 1 unspecified atom stereocenters. The standard InChI is InChI=1S/C30H32F2N6O3S/c1-37-16-13-22(14-17-37)34-30(39)40-18-6-7-21-11-12-25(28(32)27(21)31)41-20-26-35-36-29(42-24-9-3-2-4-10-24)38(26)23-8-5-15-33-19-23/h3,5,8-9,11-12,15,19,22,24H,2,4,10,13-14,16-18,20H2,1H3,(H,34,39). The first-order chi connectivity index (χ1) is 20.5. The molecule has 3 aromatic rings. The number of hydrogen-bond acceptors (Lipinski definition) is 8. The van der Waals surface area contributed by atoms with Crippen molar-refractivity contribution in [3.05, 3.63) is 71.8 Å². The molecular formula is C30H32F2N6O3S. The molecule has 5 rings (SSSR count). The average molecular weight is 595 g/mol. The van der Waals surface area contributed by atoms with Gasteiger partial charge in [-0.1, -0.05) is 35.8 Å². The minimum Gasteiger partial charge on any atom is -0.482 e. The number of carbonyl (C=O) groups is 1. The number of hydrogen-bond donors (Lipinski definition) is 1. The molecule has 0 spiro atoms. The number of allylic oxidation sites excluding steroid dienone is 1. The van der Waals surface area contributed by atoms with Gasteiger partial charge in [-0.3, -0.25) is 9.55 Å². The number of carbonyl (C=O) groups excluding carboxylic acids is 1. The fourth-order valence-electron chi connectivity index (χ4n) is 4.71. The second-order valence-electron chi connectivity index (χ2n) is 10.1.